The third kappa shape index (κ3) is 1.93. The smallest absolute Gasteiger partial charge is 0.335 e. The van der Waals surface area contributed by atoms with Crippen molar-refractivity contribution in [3.8, 4) is 11.1 Å². The molecule has 0 aliphatic carbocycles. The van der Waals surface area contributed by atoms with Crippen molar-refractivity contribution < 1.29 is 9.90 Å². The molecule has 4 nitrogen and oxygen atoms in total. The molecule has 0 radical (unpaired) electrons. The molecule has 0 atom stereocenters. The lowest BCUT2D eigenvalue weighted by molar-refractivity contribution is 0.0697. The van der Waals surface area contributed by atoms with Crippen LogP contribution in [0.25, 0.3) is 11.1 Å². The van der Waals surface area contributed by atoms with Crippen molar-refractivity contribution in [2.75, 3.05) is 0 Å². The molecule has 1 aromatic heterocycles. The lowest BCUT2D eigenvalue weighted by Gasteiger charge is -2.06. The van der Waals surface area contributed by atoms with Crippen molar-refractivity contribution in [1.29, 1.82) is 0 Å². The van der Waals surface area contributed by atoms with E-state index in [0.29, 0.717) is 5.56 Å². The summed E-state index contributed by atoms with van der Waals surface area (Å²) in [5, 5.41) is 13.1. The fourth-order valence-corrected chi connectivity index (χ4v) is 1.86. The summed E-state index contributed by atoms with van der Waals surface area (Å²) in [7, 11) is 1.89. The van der Waals surface area contributed by atoms with Gasteiger partial charge in [-0.1, -0.05) is 6.07 Å². The minimum Gasteiger partial charge on any atom is -0.478 e. The summed E-state index contributed by atoms with van der Waals surface area (Å²) >= 11 is 0. The summed E-state index contributed by atoms with van der Waals surface area (Å²) in [5.74, 6) is -0.900. The molecule has 2 rings (SSSR count). The van der Waals surface area contributed by atoms with E-state index < -0.39 is 5.97 Å². The van der Waals surface area contributed by atoms with Gasteiger partial charge in [0.05, 0.1) is 11.8 Å². The average Bonchev–Trinajstić information content (AvgIpc) is 2.60. The van der Waals surface area contributed by atoms with Crippen molar-refractivity contribution in [2.45, 2.75) is 13.8 Å². The summed E-state index contributed by atoms with van der Waals surface area (Å²) in [6.07, 6.45) is 1.80. The number of hydrogen-bond acceptors (Lipinski definition) is 2. The van der Waals surface area contributed by atoms with Gasteiger partial charge >= 0.3 is 5.97 Å². The SMILES string of the molecule is Cc1cc(C(=O)O)ccc1-c1cnn(C)c1C. The Hall–Kier alpha value is -2.10. The first-order valence-electron chi connectivity index (χ1n) is 5.33. The molecular formula is C13H14N2O2. The molecule has 0 spiro atoms. The number of aromatic nitrogens is 2. The van der Waals surface area contributed by atoms with Gasteiger partial charge in [0.2, 0.25) is 0 Å². The van der Waals surface area contributed by atoms with E-state index in [4.69, 9.17) is 5.11 Å². The van der Waals surface area contributed by atoms with E-state index >= 15 is 0 Å². The normalized spacial score (nSPS) is 10.5. The monoisotopic (exact) mass is 230 g/mol. The van der Waals surface area contributed by atoms with Gasteiger partial charge in [0.25, 0.3) is 0 Å². The van der Waals surface area contributed by atoms with Crippen LogP contribution in [0, 0.1) is 13.8 Å². The van der Waals surface area contributed by atoms with Crippen LogP contribution in [0.5, 0.6) is 0 Å². The van der Waals surface area contributed by atoms with Crippen LogP contribution in [0.4, 0.5) is 0 Å². The molecule has 0 unspecified atom stereocenters. The molecule has 0 amide bonds. The van der Waals surface area contributed by atoms with Crippen molar-refractivity contribution in [3.05, 3.63) is 41.2 Å². The van der Waals surface area contributed by atoms with Crippen molar-refractivity contribution in [3.63, 3.8) is 0 Å². The quantitative estimate of drug-likeness (QED) is 0.861. The predicted octanol–water partition coefficient (Wildman–Crippen LogP) is 2.40. The van der Waals surface area contributed by atoms with Gasteiger partial charge in [-0.05, 0) is 37.1 Å². The molecule has 88 valence electrons. The van der Waals surface area contributed by atoms with Gasteiger partial charge in [0.15, 0.2) is 0 Å². The Morgan fingerprint density at radius 1 is 1.29 bits per heavy atom. The van der Waals surface area contributed by atoms with Crippen LogP contribution in [0.1, 0.15) is 21.6 Å². The zero-order valence-corrected chi connectivity index (χ0v) is 10.1. The molecule has 2 aromatic rings. The topological polar surface area (TPSA) is 55.1 Å². The van der Waals surface area contributed by atoms with E-state index in [1.165, 1.54) is 0 Å². The molecule has 0 bridgehead atoms. The highest BCUT2D eigenvalue weighted by Gasteiger charge is 2.11. The number of rotatable bonds is 2. The second-order valence-corrected chi connectivity index (χ2v) is 4.10. The first kappa shape index (κ1) is 11.4. The molecule has 0 saturated carbocycles. The van der Waals surface area contributed by atoms with Crippen LogP contribution in [-0.4, -0.2) is 20.9 Å². The zero-order valence-electron chi connectivity index (χ0n) is 10.1. The second kappa shape index (κ2) is 4.05. The molecule has 1 N–H and O–H groups in total. The summed E-state index contributed by atoms with van der Waals surface area (Å²) in [6, 6.07) is 5.14. The van der Waals surface area contributed by atoms with Crippen LogP contribution < -0.4 is 0 Å². The number of aryl methyl sites for hydroxylation is 2. The van der Waals surface area contributed by atoms with E-state index in [9.17, 15) is 4.79 Å². The van der Waals surface area contributed by atoms with E-state index in [2.05, 4.69) is 5.10 Å². The summed E-state index contributed by atoms with van der Waals surface area (Å²) in [5.41, 5.74) is 4.40. The third-order valence-electron chi connectivity index (χ3n) is 3.00. The van der Waals surface area contributed by atoms with Crippen LogP contribution in [-0.2, 0) is 7.05 Å². The first-order chi connectivity index (χ1) is 8.00. The number of aromatic carboxylic acids is 1. The van der Waals surface area contributed by atoms with Crippen molar-refractivity contribution in [2.24, 2.45) is 7.05 Å². The lowest BCUT2D eigenvalue weighted by atomic mass is 9.99. The molecule has 1 heterocycles. The largest absolute Gasteiger partial charge is 0.478 e. The van der Waals surface area contributed by atoms with Gasteiger partial charge in [-0.25, -0.2) is 4.79 Å². The lowest BCUT2D eigenvalue weighted by Crippen LogP contribution is -1.97. The van der Waals surface area contributed by atoms with Crippen LogP contribution >= 0.6 is 0 Å². The second-order valence-electron chi connectivity index (χ2n) is 4.10. The number of hydrogen-bond donors (Lipinski definition) is 1. The third-order valence-corrected chi connectivity index (χ3v) is 3.00. The van der Waals surface area contributed by atoms with Gasteiger partial charge in [-0.15, -0.1) is 0 Å². The molecular weight excluding hydrogens is 216 g/mol. The highest BCUT2D eigenvalue weighted by Crippen LogP contribution is 2.26. The number of benzene rings is 1. The number of carboxylic acids is 1. The predicted molar refractivity (Wildman–Crippen MR) is 65.1 cm³/mol. The van der Waals surface area contributed by atoms with E-state index in [0.717, 1.165) is 22.4 Å². The van der Waals surface area contributed by atoms with Crippen LogP contribution in [0.2, 0.25) is 0 Å². The number of carboxylic acid groups (broad SMARTS) is 1. The molecule has 1 aromatic carbocycles. The maximum Gasteiger partial charge on any atom is 0.335 e. The molecule has 0 fully saturated rings. The number of carbonyl (C=O) groups is 1. The molecule has 0 aliphatic rings. The minimum absolute atomic E-state index is 0.313. The van der Waals surface area contributed by atoms with Gasteiger partial charge in [-0.3, -0.25) is 4.68 Å². The van der Waals surface area contributed by atoms with E-state index in [-0.39, 0.29) is 0 Å². The maximum atomic E-state index is 10.9. The fraction of sp³-hybridized carbons (Fsp3) is 0.231. The van der Waals surface area contributed by atoms with Gasteiger partial charge in [0.1, 0.15) is 0 Å². The highest BCUT2D eigenvalue weighted by atomic mass is 16.4. The Balaban J connectivity index is 2.54. The van der Waals surface area contributed by atoms with E-state index in [1.807, 2.05) is 27.0 Å². The zero-order chi connectivity index (χ0) is 12.6. The fourth-order valence-electron chi connectivity index (χ4n) is 1.86. The molecule has 17 heavy (non-hydrogen) atoms. The van der Waals surface area contributed by atoms with Gasteiger partial charge < -0.3 is 5.11 Å². The Bertz CT molecular complexity index is 585. The van der Waals surface area contributed by atoms with Crippen LogP contribution in [0.3, 0.4) is 0 Å². The van der Waals surface area contributed by atoms with Gasteiger partial charge in [-0.2, -0.15) is 5.10 Å². The van der Waals surface area contributed by atoms with Gasteiger partial charge in [0, 0.05) is 18.3 Å². The average molecular weight is 230 g/mol. The number of nitrogens with zero attached hydrogens (tertiary/aromatic N) is 2. The molecule has 4 heteroatoms. The summed E-state index contributed by atoms with van der Waals surface area (Å²) in [4.78, 5) is 10.9. The van der Waals surface area contributed by atoms with Crippen molar-refractivity contribution >= 4 is 5.97 Å². The summed E-state index contributed by atoms with van der Waals surface area (Å²) < 4.78 is 1.81. The first-order valence-corrected chi connectivity index (χ1v) is 5.33. The Kier molecular flexibility index (Phi) is 2.71. The standard InChI is InChI=1S/C13H14N2O2/c1-8-6-10(13(16)17)4-5-11(8)12-7-14-15(3)9(12)2/h4-7H,1-3H3,(H,16,17). The Morgan fingerprint density at radius 2 is 2.00 bits per heavy atom. The molecule has 0 aliphatic heterocycles. The maximum absolute atomic E-state index is 10.9. The minimum atomic E-state index is -0.900. The van der Waals surface area contributed by atoms with Crippen molar-refractivity contribution in [1.82, 2.24) is 9.78 Å². The summed E-state index contributed by atoms with van der Waals surface area (Å²) in [6.45, 7) is 3.90. The van der Waals surface area contributed by atoms with Crippen LogP contribution in [0.15, 0.2) is 24.4 Å². The Labute approximate surface area is 99.5 Å². The Morgan fingerprint density at radius 3 is 2.47 bits per heavy atom. The molecule has 0 saturated heterocycles. The highest BCUT2D eigenvalue weighted by molar-refractivity contribution is 5.89. The van der Waals surface area contributed by atoms with E-state index in [1.54, 1.807) is 23.0 Å².